The second kappa shape index (κ2) is 12.8. The molecule has 7 nitrogen and oxygen atoms in total. The second-order valence-electron chi connectivity index (χ2n) is 7.69. The summed E-state index contributed by atoms with van der Waals surface area (Å²) < 4.78 is 11.4. The highest BCUT2D eigenvalue weighted by atomic mass is 16.5. The van der Waals surface area contributed by atoms with Crippen molar-refractivity contribution in [1.29, 1.82) is 0 Å². The minimum atomic E-state index is -0.633. The molecule has 3 rings (SSSR count). The molecule has 0 aliphatic carbocycles. The molecular weight excluding hydrogens is 394 g/mol. The van der Waals surface area contributed by atoms with Crippen LogP contribution >= 0.6 is 0 Å². The first-order chi connectivity index (χ1) is 15.2. The van der Waals surface area contributed by atoms with Crippen LogP contribution in [0.25, 0.3) is 0 Å². The van der Waals surface area contributed by atoms with Crippen LogP contribution in [0.3, 0.4) is 0 Å². The van der Waals surface area contributed by atoms with Crippen LogP contribution in [0.5, 0.6) is 11.5 Å². The standard InChI is InChI=1S/C24H33N3O4/c28-21(17-25-13-14-26-24(29)27-15-5-2-6-16-27)19-31-23-11-9-22(10-12-23)30-18-20-7-3-1-4-8-20/h1,3-4,7-12,21,25,28H,2,5-6,13-19H2,(H,26,29). The Morgan fingerprint density at radius 1 is 0.935 bits per heavy atom. The fourth-order valence-electron chi connectivity index (χ4n) is 3.36. The molecule has 0 bridgehead atoms. The molecule has 168 valence electrons. The number of aliphatic hydroxyl groups excluding tert-OH is 1. The van der Waals surface area contributed by atoms with E-state index >= 15 is 0 Å². The summed E-state index contributed by atoms with van der Waals surface area (Å²) in [6.07, 6.45) is 2.74. The number of nitrogens with zero attached hydrogens (tertiary/aromatic N) is 1. The number of likely N-dealkylation sites (tertiary alicyclic amines) is 1. The number of rotatable bonds is 11. The molecule has 1 saturated heterocycles. The van der Waals surface area contributed by atoms with Crippen LogP contribution in [0.15, 0.2) is 54.6 Å². The van der Waals surface area contributed by atoms with Gasteiger partial charge in [0.25, 0.3) is 0 Å². The molecule has 3 N–H and O–H groups in total. The lowest BCUT2D eigenvalue weighted by Crippen LogP contribution is -2.45. The number of carbonyl (C=O) groups excluding carboxylic acids is 1. The van der Waals surface area contributed by atoms with Crippen molar-refractivity contribution in [1.82, 2.24) is 15.5 Å². The Bertz CT molecular complexity index is 764. The van der Waals surface area contributed by atoms with E-state index in [0.29, 0.717) is 32.0 Å². The maximum Gasteiger partial charge on any atom is 0.317 e. The second-order valence-corrected chi connectivity index (χ2v) is 7.69. The fraction of sp³-hybridized carbons (Fsp3) is 0.458. The number of benzene rings is 2. The van der Waals surface area contributed by atoms with Gasteiger partial charge in [-0.3, -0.25) is 0 Å². The molecule has 1 heterocycles. The summed E-state index contributed by atoms with van der Waals surface area (Å²) in [6.45, 7) is 3.93. The number of carbonyl (C=O) groups is 1. The third-order valence-electron chi connectivity index (χ3n) is 5.12. The van der Waals surface area contributed by atoms with Crippen molar-refractivity contribution in [2.45, 2.75) is 32.0 Å². The van der Waals surface area contributed by atoms with Crippen molar-refractivity contribution in [3.05, 3.63) is 60.2 Å². The lowest BCUT2D eigenvalue weighted by atomic mass is 10.1. The largest absolute Gasteiger partial charge is 0.491 e. The lowest BCUT2D eigenvalue weighted by Gasteiger charge is -2.26. The molecule has 2 amide bonds. The Hall–Kier alpha value is -2.77. The number of ether oxygens (including phenoxy) is 2. The van der Waals surface area contributed by atoms with Crippen LogP contribution in [0, 0.1) is 0 Å². The van der Waals surface area contributed by atoms with Crippen LogP contribution in [0.1, 0.15) is 24.8 Å². The van der Waals surface area contributed by atoms with Crippen molar-refractivity contribution >= 4 is 6.03 Å². The van der Waals surface area contributed by atoms with E-state index in [9.17, 15) is 9.90 Å². The van der Waals surface area contributed by atoms with E-state index in [2.05, 4.69) is 10.6 Å². The van der Waals surface area contributed by atoms with E-state index in [1.165, 1.54) is 6.42 Å². The molecule has 7 heteroatoms. The fourth-order valence-corrected chi connectivity index (χ4v) is 3.36. The predicted molar refractivity (Wildman–Crippen MR) is 120 cm³/mol. The molecular formula is C24H33N3O4. The maximum absolute atomic E-state index is 12.0. The summed E-state index contributed by atoms with van der Waals surface area (Å²) >= 11 is 0. The van der Waals surface area contributed by atoms with Crippen LogP contribution in [0.2, 0.25) is 0 Å². The molecule has 1 unspecified atom stereocenters. The summed E-state index contributed by atoms with van der Waals surface area (Å²) in [5, 5.41) is 16.1. The molecule has 0 radical (unpaired) electrons. The zero-order valence-corrected chi connectivity index (χ0v) is 18.0. The van der Waals surface area contributed by atoms with Crippen LogP contribution in [-0.4, -0.2) is 61.5 Å². The van der Waals surface area contributed by atoms with Gasteiger partial charge in [0.2, 0.25) is 0 Å². The monoisotopic (exact) mass is 427 g/mol. The van der Waals surface area contributed by atoms with Crippen molar-refractivity contribution < 1.29 is 19.4 Å². The predicted octanol–water partition coefficient (Wildman–Crippen LogP) is 2.79. The smallest absolute Gasteiger partial charge is 0.317 e. The molecule has 1 atom stereocenters. The highest BCUT2D eigenvalue weighted by Gasteiger charge is 2.15. The summed E-state index contributed by atoms with van der Waals surface area (Å²) in [6, 6.07) is 17.4. The quantitative estimate of drug-likeness (QED) is 0.481. The first-order valence-electron chi connectivity index (χ1n) is 11.0. The number of hydrogen-bond acceptors (Lipinski definition) is 5. The zero-order valence-electron chi connectivity index (χ0n) is 18.0. The van der Waals surface area contributed by atoms with E-state index < -0.39 is 6.10 Å². The Morgan fingerprint density at radius 2 is 1.61 bits per heavy atom. The minimum Gasteiger partial charge on any atom is -0.491 e. The van der Waals surface area contributed by atoms with Crippen molar-refractivity contribution in [2.24, 2.45) is 0 Å². The first-order valence-corrected chi connectivity index (χ1v) is 11.0. The van der Waals surface area contributed by atoms with Gasteiger partial charge in [-0.2, -0.15) is 0 Å². The van der Waals surface area contributed by atoms with Crippen molar-refractivity contribution in [2.75, 3.05) is 39.3 Å². The van der Waals surface area contributed by atoms with Gasteiger partial charge < -0.3 is 30.1 Å². The number of hydrogen-bond donors (Lipinski definition) is 3. The summed E-state index contributed by atoms with van der Waals surface area (Å²) in [5.41, 5.74) is 1.12. The number of nitrogens with one attached hydrogen (secondary N) is 2. The van der Waals surface area contributed by atoms with Gasteiger partial charge in [0.1, 0.15) is 30.8 Å². The molecule has 1 aliphatic heterocycles. The summed E-state index contributed by atoms with van der Waals surface area (Å²) in [7, 11) is 0. The maximum atomic E-state index is 12.0. The Kier molecular flexibility index (Phi) is 9.47. The molecule has 0 spiro atoms. The molecule has 0 aromatic heterocycles. The van der Waals surface area contributed by atoms with Gasteiger partial charge in [-0.05, 0) is 49.1 Å². The van der Waals surface area contributed by atoms with Crippen LogP contribution < -0.4 is 20.1 Å². The normalized spacial score (nSPS) is 14.7. The van der Waals surface area contributed by atoms with E-state index in [1.54, 1.807) is 0 Å². The molecule has 2 aromatic carbocycles. The third kappa shape index (κ3) is 8.47. The molecule has 1 fully saturated rings. The van der Waals surface area contributed by atoms with Gasteiger partial charge in [-0.15, -0.1) is 0 Å². The Morgan fingerprint density at radius 3 is 2.32 bits per heavy atom. The van der Waals surface area contributed by atoms with Gasteiger partial charge in [0.15, 0.2) is 0 Å². The van der Waals surface area contributed by atoms with Crippen molar-refractivity contribution in [3.63, 3.8) is 0 Å². The average molecular weight is 428 g/mol. The average Bonchev–Trinajstić information content (AvgIpc) is 2.83. The van der Waals surface area contributed by atoms with Gasteiger partial charge in [-0.25, -0.2) is 4.79 Å². The highest BCUT2D eigenvalue weighted by Crippen LogP contribution is 2.19. The van der Waals surface area contributed by atoms with E-state index in [1.807, 2.05) is 59.5 Å². The topological polar surface area (TPSA) is 83.1 Å². The van der Waals surface area contributed by atoms with E-state index in [4.69, 9.17) is 9.47 Å². The third-order valence-corrected chi connectivity index (χ3v) is 5.12. The van der Waals surface area contributed by atoms with Crippen molar-refractivity contribution in [3.8, 4) is 11.5 Å². The summed E-state index contributed by atoms with van der Waals surface area (Å²) in [5.74, 6) is 1.45. The van der Waals surface area contributed by atoms with E-state index in [0.717, 1.165) is 37.2 Å². The molecule has 31 heavy (non-hydrogen) atoms. The van der Waals surface area contributed by atoms with Gasteiger partial charge >= 0.3 is 6.03 Å². The van der Waals surface area contributed by atoms with Crippen LogP contribution in [-0.2, 0) is 6.61 Å². The first kappa shape index (κ1) is 22.9. The zero-order chi connectivity index (χ0) is 21.7. The SMILES string of the molecule is O=C(NCCNCC(O)COc1ccc(OCc2ccccc2)cc1)N1CCCCC1. The Balaban J connectivity index is 1.24. The molecule has 0 saturated carbocycles. The number of amides is 2. The lowest BCUT2D eigenvalue weighted by molar-refractivity contribution is 0.106. The highest BCUT2D eigenvalue weighted by molar-refractivity contribution is 5.74. The number of piperidine rings is 1. The number of urea groups is 1. The Labute approximate surface area is 184 Å². The summed E-state index contributed by atoms with van der Waals surface area (Å²) in [4.78, 5) is 13.9. The minimum absolute atomic E-state index is 0.00146. The van der Waals surface area contributed by atoms with E-state index in [-0.39, 0.29) is 12.6 Å². The van der Waals surface area contributed by atoms with Gasteiger partial charge in [0.05, 0.1) is 0 Å². The van der Waals surface area contributed by atoms with Gasteiger partial charge in [0, 0.05) is 32.7 Å². The number of aliphatic hydroxyl groups is 1. The molecule has 2 aromatic rings. The molecule has 1 aliphatic rings. The van der Waals surface area contributed by atoms with Crippen LogP contribution in [0.4, 0.5) is 4.79 Å². The van der Waals surface area contributed by atoms with Gasteiger partial charge in [-0.1, -0.05) is 30.3 Å².